The van der Waals surface area contributed by atoms with Gasteiger partial charge in [-0.05, 0) is 70.6 Å². The van der Waals surface area contributed by atoms with Crippen molar-refractivity contribution < 1.29 is 39.8 Å². The summed E-state index contributed by atoms with van der Waals surface area (Å²) in [6.45, 7) is 3.53. The van der Waals surface area contributed by atoms with Crippen molar-refractivity contribution in [2.75, 3.05) is 13.2 Å². The van der Waals surface area contributed by atoms with Crippen LogP contribution >= 0.6 is 0 Å². The molecule has 1 heterocycles. The Hall–Kier alpha value is -2.63. The molecule has 0 spiro atoms. The molecule has 1 fully saturated rings. The molecular weight excluding hydrogens is 646 g/mol. The number of amides is 1. The van der Waals surface area contributed by atoms with E-state index in [1.807, 2.05) is 18.2 Å². The maximum absolute atomic E-state index is 12.8. The molecule has 0 radical (unpaired) electrons. The van der Waals surface area contributed by atoms with Crippen LogP contribution in [0.3, 0.4) is 0 Å². The molecular formula is C42H69NO8. The van der Waals surface area contributed by atoms with Crippen LogP contribution < -0.4 is 5.32 Å². The first-order valence-corrected chi connectivity index (χ1v) is 19.3. The molecule has 7 unspecified atom stereocenters. The zero-order chi connectivity index (χ0) is 37.4. The van der Waals surface area contributed by atoms with Crippen LogP contribution in [0.5, 0.6) is 0 Å². The number of nitrogens with one attached hydrogen (secondary N) is 1. The van der Waals surface area contributed by atoms with Crippen LogP contribution in [-0.4, -0.2) is 87.5 Å². The lowest BCUT2D eigenvalue weighted by Gasteiger charge is -2.40. The number of hydrogen-bond donors (Lipinski definition) is 6. The number of aliphatic hydroxyl groups excluding tert-OH is 5. The first-order valence-electron chi connectivity index (χ1n) is 19.3. The maximum Gasteiger partial charge on any atom is 0.220 e. The molecule has 0 aromatic carbocycles. The van der Waals surface area contributed by atoms with Crippen molar-refractivity contribution >= 4 is 5.91 Å². The smallest absolute Gasteiger partial charge is 0.220 e. The molecule has 290 valence electrons. The van der Waals surface area contributed by atoms with E-state index >= 15 is 0 Å². The van der Waals surface area contributed by atoms with E-state index < -0.39 is 49.5 Å². The first-order chi connectivity index (χ1) is 24.8. The monoisotopic (exact) mass is 716 g/mol. The van der Waals surface area contributed by atoms with E-state index in [0.29, 0.717) is 12.8 Å². The number of hydrogen-bond acceptors (Lipinski definition) is 8. The third-order valence-electron chi connectivity index (χ3n) is 8.45. The second kappa shape index (κ2) is 32.1. The van der Waals surface area contributed by atoms with Gasteiger partial charge in [-0.25, -0.2) is 0 Å². The topological polar surface area (TPSA) is 149 Å². The van der Waals surface area contributed by atoms with Gasteiger partial charge in [-0.2, -0.15) is 0 Å². The van der Waals surface area contributed by atoms with E-state index in [1.165, 1.54) is 32.1 Å². The highest BCUT2D eigenvalue weighted by molar-refractivity contribution is 5.76. The summed E-state index contributed by atoms with van der Waals surface area (Å²) in [6, 6.07) is -0.868. The van der Waals surface area contributed by atoms with Crippen LogP contribution in [0.25, 0.3) is 0 Å². The second-order valence-electron chi connectivity index (χ2n) is 13.0. The Morgan fingerprint density at radius 3 is 1.84 bits per heavy atom. The van der Waals surface area contributed by atoms with Gasteiger partial charge in [-0.3, -0.25) is 4.79 Å². The zero-order valence-corrected chi connectivity index (χ0v) is 31.3. The summed E-state index contributed by atoms with van der Waals surface area (Å²) in [5.41, 5.74) is 0. The Morgan fingerprint density at radius 2 is 1.24 bits per heavy atom. The molecule has 0 aromatic rings. The van der Waals surface area contributed by atoms with Gasteiger partial charge in [0.05, 0.1) is 25.4 Å². The molecule has 0 aromatic heterocycles. The molecule has 1 amide bonds. The molecule has 9 nitrogen and oxygen atoms in total. The lowest BCUT2D eigenvalue weighted by Crippen LogP contribution is -2.60. The normalized spacial score (nSPS) is 23.0. The highest BCUT2D eigenvalue weighted by Crippen LogP contribution is 2.22. The Balaban J connectivity index is 2.57. The number of ether oxygens (including phenoxy) is 2. The van der Waals surface area contributed by atoms with E-state index in [0.717, 1.165) is 51.4 Å². The minimum atomic E-state index is -1.59. The number of carbonyl (C=O) groups excluding carboxylic acids is 1. The van der Waals surface area contributed by atoms with Gasteiger partial charge >= 0.3 is 0 Å². The van der Waals surface area contributed by atoms with Gasteiger partial charge in [0, 0.05) is 6.42 Å². The molecule has 0 bridgehead atoms. The van der Waals surface area contributed by atoms with Crippen LogP contribution in [0.1, 0.15) is 117 Å². The summed E-state index contributed by atoms with van der Waals surface area (Å²) in [7, 11) is 0. The number of unbranched alkanes of at least 4 members (excludes halogenated alkanes) is 7. The summed E-state index contributed by atoms with van der Waals surface area (Å²) >= 11 is 0. The summed E-state index contributed by atoms with van der Waals surface area (Å²) < 4.78 is 11.1. The van der Waals surface area contributed by atoms with Gasteiger partial charge < -0.3 is 40.3 Å². The van der Waals surface area contributed by atoms with Crippen molar-refractivity contribution in [3.8, 4) is 0 Å². The lowest BCUT2D eigenvalue weighted by molar-refractivity contribution is -0.302. The minimum Gasteiger partial charge on any atom is -0.394 e. The SMILES string of the molecule is CC/C=C\C/C=C\C/C=C\C/C=C\CCC(=O)NC(COC1OC(CO)C(O)C(O)C1O)C(O)/C=C/CC/C=C/CC/C=C/CCCCCCC. The minimum absolute atomic E-state index is 0.208. The van der Waals surface area contributed by atoms with Crippen LogP contribution in [-0.2, 0) is 14.3 Å². The average Bonchev–Trinajstić information content (AvgIpc) is 3.13. The molecule has 7 atom stereocenters. The molecule has 1 rings (SSSR count). The quantitative estimate of drug-likeness (QED) is 0.0365. The van der Waals surface area contributed by atoms with Gasteiger partial charge in [0.1, 0.15) is 24.4 Å². The Morgan fingerprint density at radius 1 is 0.686 bits per heavy atom. The fourth-order valence-electron chi connectivity index (χ4n) is 5.31. The number of allylic oxidation sites excluding steroid dienone is 13. The molecule has 1 saturated heterocycles. The summed E-state index contributed by atoms with van der Waals surface area (Å²) in [4.78, 5) is 12.8. The summed E-state index contributed by atoms with van der Waals surface area (Å²) in [6.07, 6.45) is 36.4. The summed E-state index contributed by atoms with van der Waals surface area (Å²) in [5.74, 6) is -0.277. The Kier molecular flexibility index (Phi) is 29.2. The molecule has 9 heteroatoms. The predicted octanol–water partition coefficient (Wildman–Crippen LogP) is 6.82. The van der Waals surface area contributed by atoms with Crippen molar-refractivity contribution in [3.05, 3.63) is 85.1 Å². The van der Waals surface area contributed by atoms with Crippen molar-refractivity contribution in [2.45, 2.75) is 159 Å². The van der Waals surface area contributed by atoms with E-state index in [-0.39, 0.29) is 18.9 Å². The van der Waals surface area contributed by atoms with Crippen LogP contribution in [0.2, 0.25) is 0 Å². The predicted molar refractivity (Wildman–Crippen MR) is 207 cm³/mol. The van der Waals surface area contributed by atoms with Gasteiger partial charge in [0.25, 0.3) is 0 Å². The standard InChI is InChI=1S/C42H69NO8/c1-3-5-7-9-11-13-15-17-18-20-21-23-25-27-29-31-36(45)35(34-50-42-41(49)40(48)39(47)37(33-44)51-42)43-38(46)32-30-28-26-24-22-19-16-14-12-10-8-6-4-2/h6,8,12,14-15,17,19,21-23,26,28-29,31,35-37,39-42,44-45,47-49H,3-5,7,9-11,13,16,18,20,24-25,27,30,32-34H2,1-2H3,(H,43,46)/b8-6-,14-12-,17-15+,22-19-,23-21+,28-26-,31-29+. The highest BCUT2D eigenvalue weighted by Gasteiger charge is 2.44. The van der Waals surface area contributed by atoms with Gasteiger partial charge in [-0.15, -0.1) is 0 Å². The Labute approximate surface area is 308 Å². The van der Waals surface area contributed by atoms with Crippen LogP contribution in [0.4, 0.5) is 0 Å². The first kappa shape index (κ1) is 46.4. The number of aliphatic hydroxyl groups is 5. The van der Waals surface area contributed by atoms with Crippen LogP contribution in [0, 0.1) is 0 Å². The number of carbonyl (C=O) groups is 1. The molecule has 1 aliphatic heterocycles. The maximum atomic E-state index is 12.8. The van der Waals surface area contributed by atoms with E-state index in [9.17, 15) is 30.3 Å². The van der Waals surface area contributed by atoms with Gasteiger partial charge in [-0.1, -0.05) is 125 Å². The van der Waals surface area contributed by atoms with Crippen LogP contribution in [0.15, 0.2) is 85.1 Å². The fraction of sp³-hybridized carbons (Fsp3) is 0.643. The molecule has 6 N–H and O–H groups in total. The van der Waals surface area contributed by atoms with Crippen molar-refractivity contribution in [1.29, 1.82) is 0 Å². The van der Waals surface area contributed by atoms with E-state index in [1.54, 1.807) is 6.08 Å². The second-order valence-corrected chi connectivity index (χ2v) is 13.0. The number of rotatable bonds is 29. The van der Waals surface area contributed by atoms with Gasteiger partial charge in [0.2, 0.25) is 5.91 Å². The lowest BCUT2D eigenvalue weighted by atomic mass is 9.99. The molecule has 51 heavy (non-hydrogen) atoms. The Bertz CT molecular complexity index is 1060. The third kappa shape index (κ3) is 23.5. The average molecular weight is 716 g/mol. The largest absolute Gasteiger partial charge is 0.394 e. The van der Waals surface area contributed by atoms with Crippen molar-refractivity contribution in [2.24, 2.45) is 0 Å². The zero-order valence-electron chi connectivity index (χ0n) is 31.3. The molecule has 0 aliphatic carbocycles. The van der Waals surface area contributed by atoms with Gasteiger partial charge in [0.15, 0.2) is 6.29 Å². The van der Waals surface area contributed by atoms with Crippen molar-refractivity contribution in [3.63, 3.8) is 0 Å². The fourth-order valence-corrected chi connectivity index (χ4v) is 5.31. The molecule has 0 saturated carbocycles. The molecule has 1 aliphatic rings. The van der Waals surface area contributed by atoms with E-state index in [2.05, 4.69) is 79.9 Å². The van der Waals surface area contributed by atoms with E-state index in [4.69, 9.17) is 9.47 Å². The third-order valence-corrected chi connectivity index (χ3v) is 8.45. The highest BCUT2D eigenvalue weighted by atomic mass is 16.7. The summed E-state index contributed by atoms with van der Waals surface area (Å²) in [5, 5.41) is 53.8. The van der Waals surface area contributed by atoms with Crippen molar-refractivity contribution in [1.82, 2.24) is 5.32 Å².